The third kappa shape index (κ3) is 3.13. The van der Waals surface area contributed by atoms with Crippen LogP contribution < -0.4 is 16.2 Å². The number of carbonyl (C=O) groups excluding carboxylic acids is 1. The number of nitrogens with zero attached hydrogens (tertiary/aromatic N) is 1. The number of rotatable bonds is 3. The van der Waals surface area contributed by atoms with Crippen LogP contribution in [0.25, 0.3) is 11.0 Å². The van der Waals surface area contributed by atoms with Gasteiger partial charge in [-0.25, -0.2) is 5.01 Å². The molecular weight excluding hydrogens is 446 g/mol. The fourth-order valence-corrected chi connectivity index (χ4v) is 3.91. The minimum Gasteiger partial charge on any atom is -0.464 e. The van der Waals surface area contributed by atoms with E-state index in [4.69, 9.17) is 4.42 Å². The number of halogens is 1. The molecule has 0 saturated carbocycles. The topological polar surface area (TPSA) is 74.6 Å². The first-order valence-electron chi connectivity index (χ1n) is 9.33. The van der Waals surface area contributed by atoms with Crippen LogP contribution in [0.4, 0.5) is 11.4 Å². The van der Waals surface area contributed by atoms with Gasteiger partial charge in [0.1, 0.15) is 11.8 Å². The molecule has 1 aliphatic rings. The van der Waals surface area contributed by atoms with Crippen molar-refractivity contribution in [2.24, 2.45) is 0 Å². The summed E-state index contributed by atoms with van der Waals surface area (Å²) < 4.78 is 6.50. The summed E-state index contributed by atoms with van der Waals surface area (Å²) in [6.45, 7) is 0. The summed E-state index contributed by atoms with van der Waals surface area (Å²) in [5.41, 5.74) is 5.65. The first-order chi connectivity index (χ1) is 14.6. The lowest BCUT2D eigenvalue weighted by Gasteiger charge is -2.37. The third-order valence-electron chi connectivity index (χ3n) is 5.01. The first-order valence-corrected chi connectivity index (χ1v) is 10.1. The Morgan fingerprint density at radius 3 is 2.57 bits per heavy atom. The Bertz CT molecular complexity index is 1320. The second-order valence-electron chi connectivity index (χ2n) is 6.91. The quantitative estimate of drug-likeness (QED) is 0.441. The normalized spacial score (nSPS) is 15.6. The van der Waals surface area contributed by atoms with E-state index in [9.17, 15) is 9.59 Å². The van der Waals surface area contributed by atoms with Crippen molar-refractivity contribution in [3.8, 4) is 0 Å². The molecule has 7 heteroatoms. The van der Waals surface area contributed by atoms with E-state index in [-0.39, 0.29) is 11.3 Å². The number of hydrogen-bond donors (Lipinski definition) is 2. The number of hydrazine groups is 1. The number of carbonyl (C=O) groups is 1. The molecule has 1 atom stereocenters. The Hall–Kier alpha value is -3.58. The van der Waals surface area contributed by atoms with Crippen LogP contribution >= 0.6 is 15.9 Å². The zero-order chi connectivity index (χ0) is 20.7. The van der Waals surface area contributed by atoms with Gasteiger partial charge >= 0.3 is 0 Å². The van der Waals surface area contributed by atoms with Crippen molar-refractivity contribution in [1.82, 2.24) is 5.01 Å². The lowest BCUT2D eigenvalue weighted by atomic mass is 10.0. The highest BCUT2D eigenvalue weighted by molar-refractivity contribution is 9.10. The maximum atomic E-state index is 13.3. The molecule has 148 valence electrons. The second kappa shape index (κ2) is 7.35. The van der Waals surface area contributed by atoms with Crippen molar-refractivity contribution in [3.63, 3.8) is 0 Å². The predicted molar refractivity (Wildman–Crippen MR) is 119 cm³/mol. The molecule has 6 nitrogen and oxygen atoms in total. The molecule has 1 aliphatic heterocycles. The SMILES string of the molecule is O=C1c2ccccc2NC(c2coc3ccc(Br)cc3c2=O)N1Nc1ccccc1. The molecule has 0 fully saturated rings. The van der Waals surface area contributed by atoms with E-state index in [0.717, 1.165) is 10.2 Å². The summed E-state index contributed by atoms with van der Waals surface area (Å²) in [5, 5.41) is 5.17. The molecule has 0 spiro atoms. The third-order valence-corrected chi connectivity index (χ3v) is 5.50. The van der Waals surface area contributed by atoms with Crippen LogP contribution in [0.3, 0.4) is 0 Å². The molecule has 2 N–H and O–H groups in total. The van der Waals surface area contributed by atoms with Gasteiger partial charge in [0.05, 0.1) is 22.2 Å². The van der Waals surface area contributed by atoms with Gasteiger partial charge in [-0.3, -0.25) is 15.0 Å². The Morgan fingerprint density at radius 1 is 0.967 bits per heavy atom. The fourth-order valence-electron chi connectivity index (χ4n) is 3.55. The minimum absolute atomic E-state index is 0.206. The highest BCUT2D eigenvalue weighted by Crippen LogP contribution is 2.33. The van der Waals surface area contributed by atoms with Crippen LogP contribution in [0.15, 0.2) is 92.7 Å². The first kappa shape index (κ1) is 18.4. The number of amides is 1. The molecule has 1 aromatic heterocycles. The van der Waals surface area contributed by atoms with Crippen molar-refractivity contribution in [2.45, 2.75) is 6.17 Å². The largest absolute Gasteiger partial charge is 0.464 e. The van der Waals surface area contributed by atoms with Crippen LogP contribution in [0.1, 0.15) is 22.1 Å². The molecular formula is C23H16BrN3O3. The molecule has 0 saturated heterocycles. The van der Waals surface area contributed by atoms with Gasteiger partial charge in [0.25, 0.3) is 5.91 Å². The number of benzene rings is 3. The lowest BCUT2D eigenvalue weighted by Crippen LogP contribution is -2.47. The van der Waals surface area contributed by atoms with Gasteiger partial charge in [0.15, 0.2) is 11.6 Å². The Balaban J connectivity index is 1.66. The van der Waals surface area contributed by atoms with Gasteiger partial charge < -0.3 is 9.73 Å². The Morgan fingerprint density at radius 2 is 1.73 bits per heavy atom. The summed E-state index contributed by atoms with van der Waals surface area (Å²) >= 11 is 3.40. The summed E-state index contributed by atoms with van der Waals surface area (Å²) in [6.07, 6.45) is 0.657. The Labute approximate surface area is 180 Å². The van der Waals surface area contributed by atoms with Crippen molar-refractivity contribution < 1.29 is 9.21 Å². The second-order valence-corrected chi connectivity index (χ2v) is 7.82. The van der Waals surface area contributed by atoms with Gasteiger partial charge in [-0.1, -0.05) is 46.3 Å². The van der Waals surface area contributed by atoms with Gasteiger partial charge in [0, 0.05) is 10.2 Å². The van der Waals surface area contributed by atoms with E-state index in [2.05, 4.69) is 26.7 Å². The van der Waals surface area contributed by atoms with Gasteiger partial charge in [-0.2, -0.15) is 0 Å². The lowest BCUT2D eigenvalue weighted by molar-refractivity contribution is 0.0731. The van der Waals surface area contributed by atoms with E-state index >= 15 is 0 Å². The number of nitrogens with one attached hydrogen (secondary N) is 2. The summed E-state index contributed by atoms with van der Waals surface area (Å²) in [7, 11) is 0. The molecule has 0 bridgehead atoms. The zero-order valence-electron chi connectivity index (χ0n) is 15.6. The summed E-state index contributed by atoms with van der Waals surface area (Å²) in [6, 6.07) is 21.8. The van der Waals surface area contributed by atoms with Crippen molar-refractivity contribution in [3.05, 3.63) is 105 Å². The molecule has 1 unspecified atom stereocenters. The van der Waals surface area contributed by atoms with Crippen LogP contribution in [0.2, 0.25) is 0 Å². The van der Waals surface area contributed by atoms with Gasteiger partial charge in [0.2, 0.25) is 0 Å². The number of fused-ring (bicyclic) bond motifs is 2. The Kier molecular flexibility index (Phi) is 4.52. The van der Waals surface area contributed by atoms with Crippen LogP contribution in [-0.2, 0) is 0 Å². The summed E-state index contributed by atoms with van der Waals surface area (Å²) in [4.78, 5) is 26.6. The summed E-state index contributed by atoms with van der Waals surface area (Å²) in [5.74, 6) is -0.244. The van der Waals surface area contributed by atoms with Crippen LogP contribution in [-0.4, -0.2) is 10.9 Å². The maximum absolute atomic E-state index is 13.3. The van der Waals surface area contributed by atoms with Crippen LogP contribution in [0.5, 0.6) is 0 Å². The van der Waals surface area contributed by atoms with E-state index in [1.165, 1.54) is 11.3 Å². The molecule has 5 rings (SSSR count). The van der Waals surface area contributed by atoms with Gasteiger partial charge in [-0.15, -0.1) is 0 Å². The smallest absolute Gasteiger partial charge is 0.276 e. The highest BCUT2D eigenvalue weighted by Gasteiger charge is 2.35. The molecule has 4 aromatic rings. The van der Waals surface area contributed by atoms with E-state index in [1.807, 2.05) is 48.5 Å². The molecule has 2 heterocycles. The standard InChI is InChI=1S/C23H16BrN3O3/c24-14-10-11-20-17(12-14)21(28)18(13-30-20)22-25-19-9-5-4-8-16(19)23(29)27(22)26-15-6-2-1-3-7-15/h1-13,22,25-26H. The minimum atomic E-state index is -0.757. The van der Waals surface area contributed by atoms with E-state index < -0.39 is 6.17 Å². The molecule has 30 heavy (non-hydrogen) atoms. The molecule has 3 aromatic carbocycles. The molecule has 1 amide bonds. The fraction of sp³-hybridized carbons (Fsp3) is 0.0435. The zero-order valence-corrected chi connectivity index (χ0v) is 17.2. The highest BCUT2D eigenvalue weighted by atomic mass is 79.9. The number of hydrogen-bond acceptors (Lipinski definition) is 5. The van der Waals surface area contributed by atoms with Crippen molar-refractivity contribution >= 4 is 44.2 Å². The molecule has 0 aliphatic carbocycles. The van der Waals surface area contributed by atoms with E-state index in [1.54, 1.807) is 24.3 Å². The predicted octanol–water partition coefficient (Wildman–Crippen LogP) is 5.15. The van der Waals surface area contributed by atoms with E-state index in [0.29, 0.717) is 27.8 Å². The number of para-hydroxylation sites is 2. The van der Waals surface area contributed by atoms with Crippen molar-refractivity contribution in [1.29, 1.82) is 0 Å². The van der Waals surface area contributed by atoms with Gasteiger partial charge in [-0.05, 0) is 42.5 Å². The average molecular weight is 462 g/mol. The van der Waals surface area contributed by atoms with Crippen LogP contribution in [0, 0.1) is 0 Å². The number of anilines is 2. The van der Waals surface area contributed by atoms with Crippen molar-refractivity contribution in [2.75, 3.05) is 10.7 Å². The molecule has 0 radical (unpaired) electrons. The average Bonchev–Trinajstić information content (AvgIpc) is 2.77. The maximum Gasteiger partial charge on any atom is 0.276 e. The monoisotopic (exact) mass is 461 g/mol.